The van der Waals surface area contributed by atoms with E-state index in [4.69, 9.17) is 0 Å². The molecular formula is C16H13BrN4S2. The fourth-order valence-corrected chi connectivity index (χ4v) is 5.27. The van der Waals surface area contributed by atoms with Crippen LogP contribution in [0, 0.1) is 13.8 Å². The molecule has 0 unspecified atom stereocenters. The number of hydrogen-bond donors (Lipinski definition) is 0. The quantitative estimate of drug-likeness (QED) is 0.355. The van der Waals surface area contributed by atoms with Crippen LogP contribution in [0.1, 0.15) is 16.1 Å². The highest BCUT2D eigenvalue weighted by molar-refractivity contribution is 9.10. The van der Waals surface area contributed by atoms with Crippen LogP contribution in [0.3, 0.4) is 0 Å². The third kappa shape index (κ3) is 2.56. The standard InChI is InChI=1S/C16H13BrN4S2/c1-9-10(2)23-16-13(9)15(18-8-19-16)22-7-11-14(17)21-6-4-3-5-12(21)20-11/h3-6,8H,7H2,1-2H3. The molecule has 0 atom stereocenters. The molecule has 0 aliphatic heterocycles. The summed E-state index contributed by atoms with van der Waals surface area (Å²) in [6.07, 6.45) is 3.66. The Morgan fingerprint density at radius 3 is 2.96 bits per heavy atom. The number of pyridine rings is 1. The van der Waals surface area contributed by atoms with Gasteiger partial charge >= 0.3 is 0 Å². The lowest BCUT2D eigenvalue weighted by molar-refractivity contribution is 1.10. The van der Waals surface area contributed by atoms with Gasteiger partial charge in [-0.15, -0.1) is 11.3 Å². The molecule has 0 amide bonds. The maximum Gasteiger partial charge on any atom is 0.137 e. The normalized spacial score (nSPS) is 11.6. The van der Waals surface area contributed by atoms with Crippen LogP contribution in [-0.2, 0) is 5.75 Å². The average molecular weight is 405 g/mol. The van der Waals surface area contributed by atoms with Gasteiger partial charge in [-0.1, -0.05) is 17.8 Å². The van der Waals surface area contributed by atoms with Crippen LogP contribution in [-0.4, -0.2) is 19.4 Å². The zero-order valence-electron chi connectivity index (χ0n) is 12.6. The molecule has 0 saturated carbocycles. The Balaban J connectivity index is 1.70. The topological polar surface area (TPSA) is 43.1 Å². The van der Waals surface area contributed by atoms with E-state index in [0.717, 1.165) is 31.6 Å². The SMILES string of the molecule is Cc1sc2ncnc(SCc3nc4ccccn4c3Br)c2c1C. The lowest BCUT2D eigenvalue weighted by Gasteiger charge is -2.02. The molecule has 4 aromatic heterocycles. The van der Waals surface area contributed by atoms with Gasteiger partial charge in [0.25, 0.3) is 0 Å². The minimum Gasteiger partial charge on any atom is -0.294 e. The molecule has 23 heavy (non-hydrogen) atoms. The third-order valence-electron chi connectivity index (χ3n) is 3.81. The molecule has 0 aliphatic rings. The molecular weight excluding hydrogens is 392 g/mol. The molecule has 4 aromatic rings. The number of aromatic nitrogens is 4. The van der Waals surface area contributed by atoms with Gasteiger partial charge in [-0.05, 0) is 47.5 Å². The number of fused-ring (bicyclic) bond motifs is 2. The van der Waals surface area contributed by atoms with Crippen LogP contribution in [0.25, 0.3) is 15.9 Å². The van der Waals surface area contributed by atoms with Gasteiger partial charge in [0, 0.05) is 22.2 Å². The number of aryl methyl sites for hydroxylation is 2. The Hall–Kier alpha value is -1.44. The summed E-state index contributed by atoms with van der Waals surface area (Å²) in [6.45, 7) is 4.28. The van der Waals surface area contributed by atoms with Crippen LogP contribution in [0.15, 0.2) is 40.4 Å². The highest BCUT2D eigenvalue weighted by atomic mass is 79.9. The molecule has 0 N–H and O–H groups in total. The largest absolute Gasteiger partial charge is 0.294 e. The zero-order valence-corrected chi connectivity index (χ0v) is 15.8. The van der Waals surface area contributed by atoms with Crippen LogP contribution in [0.4, 0.5) is 0 Å². The fourth-order valence-electron chi connectivity index (χ4n) is 2.50. The Labute approximate surface area is 150 Å². The first-order valence-corrected chi connectivity index (χ1v) is 9.69. The summed E-state index contributed by atoms with van der Waals surface area (Å²) in [4.78, 5) is 15.9. The lowest BCUT2D eigenvalue weighted by atomic mass is 10.2. The Kier molecular flexibility index (Phi) is 3.87. The van der Waals surface area contributed by atoms with E-state index in [9.17, 15) is 0 Å². The van der Waals surface area contributed by atoms with Gasteiger partial charge in [-0.25, -0.2) is 15.0 Å². The van der Waals surface area contributed by atoms with Gasteiger partial charge in [-0.2, -0.15) is 0 Å². The van der Waals surface area contributed by atoms with Gasteiger partial charge in [0.05, 0.1) is 5.69 Å². The van der Waals surface area contributed by atoms with Crippen molar-refractivity contribution in [1.82, 2.24) is 19.4 Å². The summed E-state index contributed by atoms with van der Waals surface area (Å²) in [5.74, 6) is 0.767. The predicted molar refractivity (Wildman–Crippen MR) is 99.3 cm³/mol. The first-order valence-electron chi connectivity index (χ1n) is 7.10. The Morgan fingerprint density at radius 1 is 1.26 bits per heavy atom. The van der Waals surface area contributed by atoms with Crippen molar-refractivity contribution in [3.8, 4) is 0 Å². The smallest absolute Gasteiger partial charge is 0.137 e. The van der Waals surface area contributed by atoms with Gasteiger partial charge in [0.1, 0.15) is 26.4 Å². The van der Waals surface area contributed by atoms with E-state index in [1.807, 2.05) is 28.8 Å². The summed E-state index contributed by atoms with van der Waals surface area (Å²) in [5, 5.41) is 2.21. The molecule has 7 heteroatoms. The Morgan fingerprint density at radius 2 is 2.13 bits per heavy atom. The van der Waals surface area contributed by atoms with Crippen LogP contribution < -0.4 is 0 Å². The molecule has 4 heterocycles. The average Bonchev–Trinajstić information content (AvgIpc) is 3.04. The van der Waals surface area contributed by atoms with Crippen molar-refractivity contribution in [3.05, 3.63) is 51.5 Å². The van der Waals surface area contributed by atoms with Crippen molar-refractivity contribution in [2.24, 2.45) is 0 Å². The van der Waals surface area contributed by atoms with Crippen molar-refractivity contribution in [2.75, 3.05) is 0 Å². The van der Waals surface area contributed by atoms with E-state index in [0.29, 0.717) is 0 Å². The van der Waals surface area contributed by atoms with E-state index in [-0.39, 0.29) is 0 Å². The maximum atomic E-state index is 4.69. The van der Waals surface area contributed by atoms with Gasteiger partial charge in [0.2, 0.25) is 0 Å². The number of halogens is 1. The van der Waals surface area contributed by atoms with Crippen LogP contribution in [0.5, 0.6) is 0 Å². The van der Waals surface area contributed by atoms with Crippen molar-refractivity contribution in [3.63, 3.8) is 0 Å². The monoisotopic (exact) mass is 404 g/mol. The summed E-state index contributed by atoms with van der Waals surface area (Å²) < 4.78 is 3.05. The molecule has 0 spiro atoms. The van der Waals surface area contributed by atoms with E-state index < -0.39 is 0 Å². The molecule has 0 aliphatic carbocycles. The van der Waals surface area contributed by atoms with Gasteiger partial charge in [0.15, 0.2) is 0 Å². The number of nitrogens with zero attached hydrogens (tertiary/aromatic N) is 4. The van der Waals surface area contributed by atoms with Crippen molar-refractivity contribution >= 4 is 54.9 Å². The van der Waals surface area contributed by atoms with E-state index in [2.05, 4.69) is 44.7 Å². The molecule has 0 saturated heterocycles. The first kappa shape index (κ1) is 15.1. The van der Waals surface area contributed by atoms with Crippen LogP contribution >= 0.6 is 39.0 Å². The molecule has 0 fully saturated rings. The summed E-state index contributed by atoms with van der Waals surface area (Å²) >= 11 is 7.09. The third-order valence-corrected chi connectivity index (χ3v) is 6.77. The highest BCUT2D eigenvalue weighted by Crippen LogP contribution is 2.36. The van der Waals surface area contributed by atoms with E-state index in [1.54, 1.807) is 29.4 Å². The Bertz CT molecular complexity index is 1020. The maximum absolute atomic E-state index is 4.69. The van der Waals surface area contributed by atoms with Crippen molar-refractivity contribution in [1.29, 1.82) is 0 Å². The summed E-state index contributed by atoms with van der Waals surface area (Å²) in [7, 11) is 0. The first-order chi connectivity index (χ1) is 11.1. The van der Waals surface area contributed by atoms with Gasteiger partial charge in [-0.3, -0.25) is 4.40 Å². The van der Waals surface area contributed by atoms with Crippen LogP contribution in [0.2, 0.25) is 0 Å². The number of thioether (sulfide) groups is 1. The zero-order chi connectivity index (χ0) is 16.0. The van der Waals surface area contributed by atoms with Crippen molar-refractivity contribution in [2.45, 2.75) is 24.6 Å². The molecule has 0 bridgehead atoms. The number of thiophene rings is 1. The molecule has 116 valence electrons. The second kappa shape index (κ2) is 5.89. The second-order valence-electron chi connectivity index (χ2n) is 5.21. The molecule has 4 nitrogen and oxygen atoms in total. The number of rotatable bonds is 3. The summed E-state index contributed by atoms with van der Waals surface area (Å²) in [5.41, 5.74) is 3.25. The van der Waals surface area contributed by atoms with E-state index in [1.165, 1.54) is 15.8 Å². The lowest BCUT2D eigenvalue weighted by Crippen LogP contribution is -1.88. The predicted octanol–water partition coefficient (Wildman–Crippen LogP) is 5.01. The van der Waals surface area contributed by atoms with Gasteiger partial charge < -0.3 is 0 Å². The molecule has 4 rings (SSSR count). The van der Waals surface area contributed by atoms with Crippen molar-refractivity contribution < 1.29 is 0 Å². The summed E-state index contributed by atoms with van der Waals surface area (Å²) in [6, 6.07) is 6.01. The fraction of sp³-hybridized carbons (Fsp3) is 0.188. The second-order valence-corrected chi connectivity index (χ2v) is 8.13. The minimum absolute atomic E-state index is 0.767. The van der Waals surface area contributed by atoms with E-state index >= 15 is 0 Å². The highest BCUT2D eigenvalue weighted by Gasteiger charge is 2.14. The molecule has 0 radical (unpaired) electrons. The minimum atomic E-state index is 0.767. The number of imidazole rings is 1. The molecule has 0 aromatic carbocycles. The number of hydrogen-bond acceptors (Lipinski definition) is 5.